The van der Waals surface area contributed by atoms with Crippen molar-refractivity contribution in [3.05, 3.63) is 77.0 Å². The van der Waals surface area contributed by atoms with E-state index in [2.05, 4.69) is 15.6 Å². The zero-order valence-electron chi connectivity index (χ0n) is 19.6. The highest BCUT2D eigenvalue weighted by molar-refractivity contribution is 5.99. The van der Waals surface area contributed by atoms with E-state index in [-0.39, 0.29) is 22.9 Å². The summed E-state index contributed by atoms with van der Waals surface area (Å²) in [5.41, 5.74) is 8.50. The summed E-state index contributed by atoms with van der Waals surface area (Å²) in [5, 5.41) is 15.5. The third kappa shape index (κ3) is 6.58. The van der Waals surface area contributed by atoms with Gasteiger partial charge in [0.25, 0.3) is 11.8 Å². The van der Waals surface area contributed by atoms with E-state index in [1.165, 1.54) is 0 Å². The molecule has 1 heterocycles. The van der Waals surface area contributed by atoms with E-state index < -0.39 is 23.6 Å². The second-order valence-corrected chi connectivity index (χ2v) is 8.34. The van der Waals surface area contributed by atoms with Gasteiger partial charge in [0, 0.05) is 36.6 Å². The quantitative estimate of drug-likeness (QED) is 0.391. The number of aromatic nitrogens is 1. The van der Waals surface area contributed by atoms with Crippen molar-refractivity contribution in [3.8, 4) is 11.1 Å². The largest absolute Gasteiger partial charge is 0.383 e. The Morgan fingerprint density at radius 1 is 1.11 bits per heavy atom. The smallest absolute Gasteiger partial charge is 0.257 e. The number of nitrogens with one attached hydrogen (secondary N) is 2. The summed E-state index contributed by atoms with van der Waals surface area (Å²) in [7, 11) is 3.80. The molecule has 1 atom stereocenters. The molecule has 184 valence electrons. The lowest BCUT2D eigenvalue weighted by atomic mass is 9.99. The molecule has 0 radical (unpaired) electrons. The Labute approximate surface area is 201 Å². The minimum absolute atomic E-state index is 0.111. The van der Waals surface area contributed by atoms with Gasteiger partial charge in [0.05, 0.1) is 5.56 Å². The highest BCUT2D eigenvalue weighted by Crippen LogP contribution is 2.28. The van der Waals surface area contributed by atoms with Crippen LogP contribution < -0.4 is 16.4 Å². The monoisotopic (exact) mass is 483 g/mol. The van der Waals surface area contributed by atoms with Gasteiger partial charge in [-0.2, -0.15) is 0 Å². The van der Waals surface area contributed by atoms with Gasteiger partial charge in [-0.1, -0.05) is 6.07 Å². The summed E-state index contributed by atoms with van der Waals surface area (Å²) in [4.78, 5) is 31.0. The maximum atomic E-state index is 13.4. The number of pyridine rings is 1. The number of nitrogens with zero attached hydrogens (tertiary/aromatic N) is 2. The Morgan fingerprint density at radius 3 is 2.43 bits per heavy atom. The fourth-order valence-electron chi connectivity index (χ4n) is 3.45. The summed E-state index contributed by atoms with van der Waals surface area (Å²) in [6.07, 6.45) is -0.204. The van der Waals surface area contributed by atoms with Crippen LogP contribution in [0.5, 0.6) is 0 Å². The predicted molar refractivity (Wildman–Crippen MR) is 130 cm³/mol. The predicted octanol–water partition coefficient (Wildman–Crippen LogP) is 2.88. The van der Waals surface area contributed by atoms with Gasteiger partial charge in [0.1, 0.15) is 17.5 Å². The number of nitrogens with two attached hydrogens (primary N) is 1. The molecular formula is C25H27F2N5O3. The van der Waals surface area contributed by atoms with E-state index >= 15 is 0 Å². The molecular weight excluding hydrogens is 456 g/mol. The first-order valence-electron chi connectivity index (χ1n) is 10.8. The van der Waals surface area contributed by atoms with Crippen LogP contribution in [0, 0.1) is 18.6 Å². The minimum Gasteiger partial charge on any atom is -0.383 e. The van der Waals surface area contributed by atoms with Crippen LogP contribution in [0.15, 0.2) is 48.7 Å². The third-order valence-electron chi connectivity index (χ3n) is 5.26. The van der Waals surface area contributed by atoms with Crippen molar-refractivity contribution in [2.45, 2.75) is 13.0 Å². The van der Waals surface area contributed by atoms with Crippen molar-refractivity contribution in [3.63, 3.8) is 0 Å². The zero-order chi connectivity index (χ0) is 25.7. The topological polar surface area (TPSA) is 121 Å². The molecule has 10 heteroatoms. The van der Waals surface area contributed by atoms with Crippen LogP contribution in [0.2, 0.25) is 0 Å². The lowest BCUT2D eigenvalue weighted by molar-refractivity contribution is -0.124. The van der Waals surface area contributed by atoms with Crippen molar-refractivity contribution in [2.75, 3.05) is 38.2 Å². The lowest BCUT2D eigenvalue weighted by Crippen LogP contribution is -2.31. The van der Waals surface area contributed by atoms with Gasteiger partial charge < -0.3 is 26.4 Å². The Morgan fingerprint density at radius 2 is 1.80 bits per heavy atom. The highest BCUT2D eigenvalue weighted by atomic mass is 19.1. The van der Waals surface area contributed by atoms with Gasteiger partial charge in [-0.05, 0) is 68.0 Å². The first-order valence-corrected chi connectivity index (χ1v) is 10.8. The standard InChI is InChI=1S/C25H27F2N5O3/c1-14-8-19(31-25(35)22(33)15-9-17(26)12-18(27)10-15)4-5-20(14)16-11-21(23(28)30-13-16)24(34)29-6-7-32(2)3/h4-5,8-13,22,33H,6-7H2,1-3H3,(H2,28,30)(H,29,34)(H,31,35). The van der Waals surface area contributed by atoms with Crippen LogP contribution in [0.4, 0.5) is 20.3 Å². The number of rotatable bonds is 8. The summed E-state index contributed by atoms with van der Waals surface area (Å²) < 4.78 is 26.8. The molecule has 0 bridgehead atoms. The number of hydrogen-bond acceptors (Lipinski definition) is 6. The van der Waals surface area contributed by atoms with Gasteiger partial charge in [-0.3, -0.25) is 9.59 Å². The third-order valence-corrected chi connectivity index (χ3v) is 5.26. The molecule has 5 N–H and O–H groups in total. The molecule has 0 fully saturated rings. The molecule has 2 aromatic carbocycles. The van der Waals surface area contributed by atoms with E-state index in [1.807, 2.05) is 19.0 Å². The van der Waals surface area contributed by atoms with E-state index in [4.69, 9.17) is 5.73 Å². The number of aliphatic hydroxyl groups is 1. The maximum Gasteiger partial charge on any atom is 0.257 e. The molecule has 0 saturated heterocycles. The first-order chi connectivity index (χ1) is 16.5. The van der Waals surface area contributed by atoms with Crippen molar-refractivity contribution >= 4 is 23.3 Å². The molecule has 3 aromatic rings. The van der Waals surface area contributed by atoms with E-state index in [9.17, 15) is 23.5 Å². The fourth-order valence-corrected chi connectivity index (χ4v) is 3.45. The molecule has 0 aliphatic carbocycles. The van der Waals surface area contributed by atoms with Crippen LogP contribution in [0.1, 0.15) is 27.6 Å². The van der Waals surface area contributed by atoms with E-state index in [1.54, 1.807) is 37.4 Å². The zero-order valence-corrected chi connectivity index (χ0v) is 19.6. The molecule has 3 rings (SSSR count). The molecule has 0 aliphatic heterocycles. The van der Waals surface area contributed by atoms with Crippen LogP contribution in [-0.2, 0) is 4.79 Å². The van der Waals surface area contributed by atoms with Gasteiger partial charge in [0.2, 0.25) is 0 Å². The molecule has 0 saturated carbocycles. The normalized spacial score (nSPS) is 11.9. The number of carbonyl (C=O) groups excluding carboxylic acids is 2. The first kappa shape index (κ1) is 25.7. The van der Waals surface area contributed by atoms with Crippen molar-refractivity contribution in [2.24, 2.45) is 0 Å². The lowest BCUT2D eigenvalue weighted by Gasteiger charge is -2.15. The average molecular weight is 484 g/mol. The number of aryl methyl sites for hydroxylation is 1. The second kappa shape index (κ2) is 11.0. The summed E-state index contributed by atoms with van der Waals surface area (Å²) in [6.45, 7) is 2.93. The van der Waals surface area contributed by atoms with Crippen LogP contribution >= 0.6 is 0 Å². The molecule has 0 spiro atoms. The number of likely N-dealkylation sites (N-methyl/N-ethyl adjacent to an activating group) is 1. The van der Waals surface area contributed by atoms with Crippen molar-refractivity contribution in [1.29, 1.82) is 0 Å². The van der Waals surface area contributed by atoms with Crippen LogP contribution in [0.25, 0.3) is 11.1 Å². The number of amides is 2. The molecule has 1 unspecified atom stereocenters. The molecule has 1 aromatic heterocycles. The Balaban J connectivity index is 1.76. The van der Waals surface area contributed by atoms with Gasteiger partial charge in [-0.25, -0.2) is 13.8 Å². The SMILES string of the molecule is Cc1cc(NC(=O)C(O)c2cc(F)cc(F)c2)ccc1-c1cnc(N)c(C(=O)NCCN(C)C)c1. The second-order valence-electron chi connectivity index (χ2n) is 8.34. The molecule has 0 aliphatic rings. The summed E-state index contributed by atoms with van der Waals surface area (Å²) >= 11 is 0. The number of nitrogen functional groups attached to an aromatic ring is 1. The number of halogens is 2. The summed E-state index contributed by atoms with van der Waals surface area (Å²) in [5.74, 6) is -2.85. The number of carbonyl (C=O) groups is 2. The van der Waals surface area contributed by atoms with Crippen LogP contribution in [-0.4, -0.2) is 54.0 Å². The maximum absolute atomic E-state index is 13.4. The number of benzene rings is 2. The number of anilines is 2. The fraction of sp³-hybridized carbons (Fsp3) is 0.240. The number of aliphatic hydroxyl groups excluding tert-OH is 1. The molecule has 8 nitrogen and oxygen atoms in total. The van der Waals surface area contributed by atoms with Crippen molar-refractivity contribution < 1.29 is 23.5 Å². The Bertz CT molecular complexity index is 1230. The Kier molecular flexibility index (Phi) is 8.10. The van der Waals surface area contributed by atoms with Gasteiger partial charge in [0.15, 0.2) is 6.10 Å². The molecule has 35 heavy (non-hydrogen) atoms. The highest BCUT2D eigenvalue weighted by Gasteiger charge is 2.20. The summed E-state index contributed by atoms with van der Waals surface area (Å²) in [6, 6.07) is 9.08. The van der Waals surface area contributed by atoms with Crippen molar-refractivity contribution in [1.82, 2.24) is 15.2 Å². The van der Waals surface area contributed by atoms with E-state index in [0.29, 0.717) is 30.4 Å². The number of hydrogen-bond donors (Lipinski definition) is 4. The Hall–Kier alpha value is -3.89. The minimum atomic E-state index is -1.75. The van der Waals surface area contributed by atoms with Crippen LogP contribution in [0.3, 0.4) is 0 Å². The van der Waals surface area contributed by atoms with Gasteiger partial charge in [-0.15, -0.1) is 0 Å². The van der Waals surface area contributed by atoms with Gasteiger partial charge >= 0.3 is 0 Å². The van der Waals surface area contributed by atoms with E-state index in [0.717, 1.165) is 23.3 Å². The average Bonchev–Trinajstić information content (AvgIpc) is 2.78. The molecule has 2 amide bonds.